The topological polar surface area (TPSA) is 67.1 Å². The minimum absolute atomic E-state index is 0.0928. The minimum atomic E-state index is -4.46. The van der Waals surface area contributed by atoms with E-state index in [0.29, 0.717) is 0 Å². The fourth-order valence-corrected chi connectivity index (χ4v) is 1.66. The summed E-state index contributed by atoms with van der Waals surface area (Å²) in [6, 6.07) is 0.863. The van der Waals surface area contributed by atoms with Gasteiger partial charge in [0, 0.05) is 6.54 Å². The van der Waals surface area contributed by atoms with Crippen LogP contribution in [0.2, 0.25) is 0 Å². The molecule has 2 heterocycles. The van der Waals surface area contributed by atoms with E-state index < -0.39 is 23.2 Å². The van der Waals surface area contributed by atoms with E-state index in [2.05, 4.69) is 10.3 Å². The van der Waals surface area contributed by atoms with Gasteiger partial charge in [0.15, 0.2) is 0 Å². The fourth-order valence-electron chi connectivity index (χ4n) is 1.66. The molecule has 1 aliphatic rings. The van der Waals surface area contributed by atoms with Crippen molar-refractivity contribution in [3.05, 3.63) is 16.4 Å². The van der Waals surface area contributed by atoms with Gasteiger partial charge in [-0.2, -0.15) is 18.2 Å². The first-order valence-electron chi connectivity index (χ1n) is 4.89. The highest BCUT2D eigenvalue weighted by Crippen LogP contribution is 2.38. The molecule has 2 N–H and O–H groups in total. The minimum Gasteiger partial charge on any atom is -0.493 e. The summed E-state index contributed by atoms with van der Waals surface area (Å²) in [4.78, 5) is 14.9. The average Bonchev–Trinajstić information content (AvgIpc) is 2.14. The van der Waals surface area contributed by atoms with Gasteiger partial charge in [0.25, 0.3) is 5.56 Å². The van der Waals surface area contributed by atoms with Gasteiger partial charge in [-0.05, 0) is 13.3 Å². The lowest BCUT2D eigenvalue weighted by Crippen LogP contribution is -2.54. The summed E-state index contributed by atoms with van der Waals surface area (Å²) >= 11 is 0. The maximum atomic E-state index is 12.8. The van der Waals surface area contributed by atoms with Crippen molar-refractivity contribution in [1.29, 1.82) is 0 Å². The SMILES string of the molecule is CC1(C(F)(F)F)CCn2c(nc(O)cc2=O)N1. The van der Waals surface area contributed by atoms with Crippen LogP contribution in [0.25, 0.3) is 0 Å². The number of hydrogen-bond donors (Lipinski definition) is 2. The van der Waals surface area contributed by atoms with Gasteiger partial charge < -0.3 is 10.4 Å². The zero-order chi connectivity index (χ0) is 12.8. The van der Waals surface area contributed by atoms with Crippen LogP contribution in [0.15, 0.2) is 10.9 Å². The van der Waals surface area contributed by atoms with Gasteiger partial charge >= 0.3 is 6.18 Å². The number of hydrogen-bond acceptors (Lipinski definition) is 4. The van der Waals surface area contributed by atoms with Crippen molar-refractivity contribution in [2.45, 2.75) is 31.6 Å². The van der Waals surface area contributed by atoms with Gasteiger partial charge in [-0.25, -0.2) is 0 Å². The molecule has 0 bridgehead atoms. The number of aromatic hydroxyl groups is 1. The predicted octanol–water partition coefficient (Wildman–Crippen LogP) is 1.09. The standard InChI is InChI=1S/C9H10F3N3O2/c1-8(9(10,11)12)2-3-15-6(17)4-5(16)13-7(15)14-8/h4,16H,2-3H2,1H3,(H,13,14). The molecule has 1 unspecified atom stereocenters. The van der Waals surface area contributed by atoms with Gasteiger partial charge in [-0.1, -0.05) is 0 Å². The highest BCUT2D eigenvalue weighted by molar-refractivity contribution is 5.36. The molecule has 0 saturated carbocycles. The van der Waals surface area contributed by atoms with Crippen LogP contribution < -0.4 is 10.9 Å². The van der Waals surface area contributed by atoms with Crippen LogP contribution in [0.4, 0.5) is 19.1 Å². The zero-order valence-electron chi connectivity index (χ0n) is 8.88. The number of aromatic nitrogens is 2. The number of alkyl halides is 3. The molecule has 1 aliphatic heterocycles. The highest BCUT2D eigenvalue weighted by Gasteiger charge is 2.53. The summed E-state index contributed by atoms with van der Waals surface area (Å²) in [5.41, 5.74) is -2.72. The van der Waals surface area contributed by atoms with Gasteiger partial charge in [0.1, 0.15) is 5.54 Å². The summed E-state index contributed by atoms with van der Waals surface area (Å²) in [6.45, 7) is 0.900. The Balaban J connectivity index is 2.47. The van der Waals surface area contributed by atoms with Crippen molar-refractivity contribution >= 4 is 5.95 Å². The lowest BCUT2D eigenvalue weighted by Gasteiger charge is -2.37. The van der Waals surface area contributed by atoms with Crippen molar-refractivity contribution < 1.29 is 18.3 Å². The predicted molar refractivity (Wildman–Crippen MR) is 52.9 cm³/mol. The van der Waals surface area contributed by atoms with Gasteiger partial charge in [0.2, 0.25) is 11.8 Å². The van der Waals surface area contributed by atoms with Crippen molar-refractivity contribution in [3.63, 3.8) is 0 Å². The first-order chi connectivity index (χ1) is 7.73. The Labute approximate surface area is 93.9 Å². The Kier molecular flexibility index (Phi) is 2.33. The molecule has 0 aliphatic carbocycles. The van der Waals surface area contributed by atoms with E-state index in [1.165, 1.54) is 0 Å². The smallest absolute Gasteiger partial charge is 0.411 e. The van der Waals surface area contributed by atoms with Crippen LogP contribution in [0.5, 0.6) is 5.88 Å². The highest BCUT2D eigenvalue weighted by atomic mass is 19.4. The quantitative estimate of drug-likeness (QED) is 0.722. The molecular formula is C9H10F3N3O2. The Bertz CT molecular complexity index is 511. The first kappa shape index (κ1) is 11.7. The van der Waals surface area contributed by atoms with Crippen molar-refractivity contribution in [2.24, 2.45) is 0 Å². The molecule has 8 heteroatoms. The Morgan fingerprint density at radius 1 is 1.59 bits per heavy atom. The largest absolute Gasteiger partial charge is 0.493 e. The number of halogens is 3. The van der Waals surface area contributed by atoms with Gasteiger partial charge in [-0.15, -0.1) is 0 Å². The third-order valence-corrected chi connectivity index (χ3v) is 2.84. The third-order valence-electron chi connectivity index (χ3n) is 2.84. The van der Waals surface area contributed by atoms with Crippen LogP contribution in [0.3, 0.4) is 0 Å². The van der Waals surface area contributed by atoms with E-state index in [1.54, 1.807) is 0 Å². The summed E-state index contributed by atoms with van der Waals surface area (Å²) in [5.74, 6) is -0.860. The van der Waals surface area contributed by atoms with Crippen LogP contribution in [0.1, 0.15) is 13.3 Å². The molecule has 1 aromatic heterocycles. The molecule has 0 spiro atoms. The van der Waals surface area contributed by atoms with E-state index in [-0.39, 0.29) is 18.9 Å². The second-order valence-corrected chi connectivity index (χ2v) is 4.13. The zero-order valence-corrected chi connectivity index (χ0v) is 8.88. The van der Waals surface area contributed by atoms with Crippen LogP contribution in [-0.4, -0.2) is 26.4 Å². The maximum absolute atomic E-state index is 12.8. The Hall–Kier alpha value is -1.73. The molecule has 94 valence electrons. The summed E-state index contributed by atoms with van der Waals surface area (Å²) in [5, 5.41) is 11.3. The van der Waals surface area contributed by atoms with Crippen LogP contribution in [0, 0.1) is 0 Å². The molecule has 0 aromatic carbocycles. The second kappa shape index (κ2) is 3.38. The van der Waals surface area contributed by atoms with Crippen LogP contribution >= 0.6 is 0 Å². The summed E-state index contributed by atoms with van der Waals surface area (Å²) < 4.78 is 39.4. The fraction of sp³-hybridized carbons (Fsp3) is 0.556. The number of rotatable bonds is 0. The molecular weight excluding hydrogens is 239 g/mol. The molecule has 1 aromatic rings. The molecule has 0 amide bonds. The normalized spacial score (nSPS) is 24.0. The van der Waals surface area contributed by atoms with Gasteiger partial charge in [0.05, 0.1) is 6.07 Å². The molecule has 0 radical (unpaired) electrons. The van der Waals surface area contributed by atoms with E-state index in [0.717, 1.165) is 17.6 Å². The second-order valence-electron chi connectivity index (χ2n) is 4.13. The molecule has 2 rings (SSSR count). The number of nitrogens with one attached hydrogen (secondary N) is 1. The van der Waals surface area contributed by atoms with Crippen LogP contribution in [-0.2, 0) is 6.54 Å². The molecule has 0 fully saturated rings. The monoisotopic (exact) mass is 249 g/mol. The third kappa shape index (κ3) is 1.83. The molecule has 17 heavy (non-hydrogen) atoms. The summed E-state index contributed by atoms with van der Waals surface area (Å²) in [6.07, 6.45) is -4.72. The van der Waals surface area contributed by atoms with Crippen molar-refractivity contribution in [3.8, 4) is 5.88 Å². The molecule has 0 saturated heterocycles. The van der Waals surface area contributed by atoms with Crippen molar-refractivity contribution in [2.75, 3.05) is 5.32 Å². The Morgan fingerprint density at radius 2 is 2.24 bits per heavy atom. The van der Waals surface area contributed by atoms with Crippen molar-refractivity contribution in [1.82, 2.24) is 9.55 Å². The first-order valence-corrected chi connectivity index (χ1v) is 4.89. The van der Waals surface area contributed by atoms with Gasteiger partial charge in [-0.3, -0.25) is 9.36 Å². The lowest BCUT2D eigenvalue weighted by molar-refractivity contribution is -0.178. The Morgan fingerprint density at radius 3 is 2.82 bits per heavy atom. The maximum Gasteiger partial charge on any atom is 0.411 e. The number of fused-ring (bicyclic) bond motifs is 1. The summed E-state index contributed by atoms with van der Waals surface area (Å²) in [7, 11) is 0. The number of anilines is 1. The van der Waals surface area contributed by atoms with E-state index in [9.17, 15) is 18.0 Å². The van der Waals surface area contributed by atoms with E-state index >= 15 is 0 Å². The lowest BCUT2D eigenvalue weighted by atomic mass is 9.95. The molecule has 1 atom stereocenters. The molecule has 5 nitrogen and oxygen atoms in total. The average molecular weight is 249 g/mol. The van der Waals surface area contributed by atoms with E-state index in [4.69, 9.17) is 5.11 Å². The number of nitrogens with zero attached hydrogens (tertiary/aromatic N) is 2. The van der Waals surface area contributed by atoms with E-state index in [1.807, 2.05) is 0 Å².